The third-order valence-corrected chi connectivity index (χ3v) is 2.58. The molecule has 4 nitrogen and oxygen atoms in total. The maximum absolute atomic E-state index is 5.74. The molecule has 0 saturated heterocycles. The van der Waals surface area contributed by atoms with E-state index >= 15 is 0 Å². The number of rotatable bonds is 4. The van der Waals surface area contributed by atoms with Crippen molar-refractivity contribution in [2.75, 3.05) is 11.5 Å². The number of para-hydroxylation sites is 2. The minimum absolute atomic E-state index is 0.414. The first kappa shape index (κ1) is 15.3. The summed E-state index contributed by atoms with van der Waals surface area (Å²) < 4.78 is 5.68. The van der Waals surface area contributed by atoms with Crippen LogP contribution in [0.15, 0.2) is 60.6 Å². The summed E-state index contributed by atoms with van der Waals surface area (Å²) in [5.74, 6) is 0.697. The van der Waals surface area contributed by atoms with Crippen LogP contribution in [-0.2, 0) is 6.61 Å². The summed E-state index contributed by atoms with van der Waals surface area (Å²) in [4.78, 5) is 3.89. The summed E-state index contributed by atoms with van der Waals surface area (Å²) in [7, 11) is 0. The number of nitrogen functional groups attached to an aromatic ring is 2. The Labute approximate surface area is 119 Å². The Morgan fingerprint density at radius 2 is 1.70 bits per heavy atom. The van der Waals surface area contributed by atoms with Gasteiger partial charge in [-0.15, -0.1) is 13.2 Å². The number of nitrogens with zero attached hydrogens (tertiary/aromatic N) is 1. The van der Waals surface area contributed by atoms with Crippen LogP contribution in [0.5, 0.6) is 5.75 Å². The average molecular weight is 269 g/mol. The minimum Gasteiger partial charge on any atom is -0.487 e. The molecule has 2 rings (SSSR count). The van der Waals surface area contributed by atoms with Gasteiger partial charge in [0.2, 0.25) is 0 Å². The van der Waals surface area contributed by atoms with Crippen LogP contribution >= 0.6 is 0 Å². The molecule has 0 amide bonds. The number of benzene rings is 2. The zero-order valence-corrected chi connectivity index (χ0v) is 11.4. The van der Waals surface area contributed by atoms with Crippen molar-refractivity contribution in [3.63, 3.8) is 0 Å². The molecule has 0 aliphatic rings. The van der Waals surface area contributed by atoms with Gasteiger partial charge in [0.15, 0.2) is 0 Å². The Morgan fingerprint density at radius 1 is 1.00 bits per heavy atom. The molecule has 20 heavy (non-hydrogen) atoms. The number of aliphatic imine (C=N–C) groups is 1. The maximum Gasteiger partial charge on any atom is 0.145 e. The zero-order valence-electron chi connectivity index (χ0n) is 11.4. The van der Waals surface area contributed by atoms with Crippen molar-refractivity contribution in [3.8, 4) is 5.75 Å². The third kappa shape index (κ3) is 3.88. The highest BCUT2D eigenvalue weighted by Gasteiger charge is 2.02. The summed E-state index contributed by atoms with van der Waals surface area (Å²) in [6.45, 7) is 9.92. The van der Waals surface area contributed by atoms with Crippen LogP contribution in [0.3, 0.4) is 0 Å². The topological polar surface area (TPSA) is 73.6 Å². The molecule has 4 N–H and O–H groups in total. The zero-order chi connectivity index (χ0) is 15.0. The summed E-state index contributed by atoms with van der Waals surface area (Å²) in [5, 5.41) is 0. The molecule has 0 bridgehead atoms. The van der Waals surface area contributed by atoms with E-state index in [0.29, 0.717) is 23.7 Å². The van der Waals surface area contributed by atoms with Crippen LogP contribution in [0.1, 0.15) is 5.56 Å². The van der Waals surface area contributed by atoms with E-state index in [4.69, 9.17) is 16.2 Å². The summed E-state index contributed by atoms with van der Waals surface area (Å²) in [6, 6.07) is 12.9. The smallest absolute Gasteiger partial charge is 0.145 e. The molecule has 0 aliphatic carbocycles. The molecule has 0 radical (unpaired) electrons. The molecule has 0 atom stereocenters. The van der Waals surface area contributed by atoms with Crippen LogP contribution < -0.4 is 16.2 Å². The van der Waals surface area contributed by atoms with Gasteiger partial charge in [0.05, 0.1) is 11.4 Å². The highest BCUT2D eigenvalue weighted by atomic mass is 16.5. The highest BCUT2D eigenvalue weighted by molar-refractivity contribution is 5.64. The quantitative estimate of drug-likeness (QED) is 0.506. The van der Waals surface area contributed by atoms with Crippen molar-refractivity contribution in [2.24, 2.45) is 4.99 Å². The van der Waals surface area contributed by atoms with Gasteiger partial charge in [0, 0.05) is 0 Å². The Kier molecular flexibility index (Phi) is 5.84. The average Bonchev–Trinajstić information content (AvgIpc) is 2.51. The first-order valence-corrected chi connectivity index (χ1v) is 6.03. The van der Waals surface area contributed by atoms with E-state index in [1.165, 1.54) is 0 Å². The predicted molar refractivity (Wildman–Crippen MR) is 86.5 cm³/mol. The summed E-state index contributed by atoms with van der Waals surface area (Å²) in [5.41, 5.74) is 14.2. The largest absolute Gasteiger partial charge is 0.487 e. The summed E-state index contributed by atoms with van der Waals surface area (Å²) >= 11 is 0. The maximum atomic E-state index is 5.74. The lowest BCUT2D eigenvalue weighted by atomic mass is 10.2. The molecule has 0 spiro atoms. The highest BCUT2D eigenvalue weighted by Crippen LogP contribution is 2.27. The monoisotopic (exact) mass is 269 g/mol. The van der Waals surface area contributed by atoms with Gasteiger partial charge in [0.1, 0.15) is 18.0 Å². The Bertz CT molecular complexity index is 582. The van der Waals surface area contributed by atoms with Crippen molar-refractivity contribution in [2.45, 2.75) is 6.61 Å². The Balaban J connectivity index is 0.000000956. The van der Waals surface area contributed by atoms with E-state index in [0.717, 1.165) is 11.3 Å². The van der Waals surface area contributed by atoms with Gasteiger partial charge in [0.25, 0.3) is 0 Å². The fraction of sp³-hybridized carbons (Fsp3) is 0.0625. The summed E-state index contributed by atoms with van der Waals surface area (Å²) in [6.07, 6.45) is 0. The van der Waals surface area contributed by atoms with Gasteiger partial charge in [-0.05, 0) is 36.5 Å². The SMILES string of the molecule is C=C.C=Nc1ccccc1OCc1ccc(N)c(N)c1. The van der Waals surface area contributed by atoms with Crippen LogP contribution in [0.2, 0.25) is 0 Å². The molecule has 0 unspecified atom stereocenters. The van der Waals surface area contributed by atoms with E-state index < -0.39 is 0 Å². The van der Waals surface area contributed by atoms with E-state index in [9.17, 15) is 0 Å². The fourth-order valence-corrected chi connectivity index (χ4v) is 1.58. The number of hydrogen-bond acceptors (Lipinski definition) is 4. The molecule has 2 aromatic rings. The van der Waals surface area contributed by atoms with E-state index in [1.807, 2.05) is 30.3 Å². The lowest BCUT2D eigenvalue weighted by molar-refractivity contribution is 0.307. The van der Waals surface area contributed by atoms with E-state index in [-0.39, 0.29) is 0 Å². The Morgan fingerprint density at radius 3 is 2.35 bits per heavy atom. The van der Waals surface area contributed by atoms with Gasteiger partial charge in [-0.25, -0.2) is 0 Å². The Hall–Kier alpha value is -2.75. The van der Waals surface area contributed by atoms with Crippen LogP contribution in [0.25, 0.3) is 0 Å². The molecular formula is C16H19N3O. The second-order valence-corrected chi connectivity index (χ2v) is 3.88. The number of anilines is 2. The second-order valence-electron chi connectivity index (χ2n) is 3.88. The molecule has 0 aliphatic heterocycles. The number of ether oxygens (including phenoxy) is 1. The standard InChI is InChI=1S/C14H15N3O.C2H4/c1-17-13-4-2-3-5-14(13)18-9-10-6-7-11(15)12(16)8-10;1-2/h2-8H,1,9,15-16H2;1-2H2. The van der Waals surface area contributed by atoms with Gasteiger partial charge >= 0.3 is 0 Å². The molecule has 0 aromatic heterocycles. The van der Waals surface area contributed by atoms with Gasteiger partial charge in [-0.1, -0.05) is 18.2 Å². The van der Waals surface area contributed by atoms with Gasteiger partial charge in [-0.3, -0.25) is 4.99 Å². The molecule has 0 saturated carbocycles. The van der Waals surface area contributed by atoms with Gasteiger partial charge < -0.3 is 16.2 Å². The van der Waals surface area contributed by atoms with Crippen molar-refractivity contribution in [1.29, 1.82) is 0 Å². The molecule has 104 valence electrons. The second kappa shape index (κ2) is 7.63. The normalized spacial score (nSPS) is 9.20. The fourth-order valence-electron chi connectivity index (χ4n) is 1.58. The first-order valence-electron chi connectivity index (χ1n) is 6.03. The lowest BCUT2D eigenvalue weighted by Gasteiger charge is -2.09. The van der Waals surface area contributed by atoms with Crippen molar-refractivity contribution in [1.82, 2.24) is 0 Å². The van der Waals surface area contributed by atoms with E-state index in [1.54, 1.807) is 12.1 Å². The van der Waals surface area contributed by atoms with E-state index in [2.05, 4.69) is 24.9 Å². The molecule has 0 heterocycles. The first-order chi connectivity index (χ1) is 9.70. The third-order valence-electron chi connectivity index (χ3n) is 2.58. The number of hydrogen-bond donors (Lipinski definition) is 2. The molecule has 2 aromatic carbocycles. The molecule has 0 fully saturated rings. The minimum atomic E-state index is 0.414. The number of nitrogens with two attached hydrogens (primary N) is 2. The van der Waals surface area contributed by atoms with Crippen LogP contribution in [0.4, 0.5) is 17.1 Å². The molecular weight excluding hydrogens is 250 g/mol. The predicted octanol–water partition coefficient (Wildman–Crippen LogP) is 3.56. The van der Waals surface area contributed by atoms with Crippen molar-refractivity contribution >= 4 is 23.8 Å². The van der Waals surface area contributed by atoms with Crippen LogP contribution in [0, 0.1) is 0 Å². The van der Waals surface area contributed by atoms with Crippen LogP contribution in [-0.4, -0.2) is 6.72 Å². The van der Waals surface area contributed by atoms with Gasteiger partial charge in [-0.2, -0.15) is 0 Å². The molecule has 4 heteroatoms. The lowest BCUT2D eigenvalue weighted by Crippen LogP contribution is -1.99. The van der Waals surface area contributed by atoms with Crippen molar-refractivity contribution < 1.29 is 4.74 Å². The van der Waals surface area contributed by atoms with Crippen molar-refractivity contribution in [3.05, 3.63) is 61.2 Å².